The van der Waals surface area contributed by atoms with E-state index in [1.165, 1.54) is 5.57 Å². The molecule has 1 aromatic rings. The van der Waals surface area contributed by atoms with E-state index >= 15 is 0 Å². The highest BCUT2D eigenvalue weighted by Crippen LogP contribution is 2.32. The molecule has 1 atom stereocenters. The molecular weight excluding hydrogens is 188 g/mol. The van der Waals surface area contributed by atoms with Crippen LogP contribution in [0.15, 0.2) is 42.5 Å². The molecule has 2 rings (SSSR count). The Morgan fingerprint density at radius 3 is 2.93 bits per heavy atom. The van der Waals surface area contributed by atoms with Gasteiger partial charge in [-0.25, -0.2) is 4.98 Å². The van der Waals surface area contributed by atoms with E-state index in [2.05, 4.69) is 41.6 Å². The van der Waals surface area contributed by atoms with Gasteiger partial charge >= 0.3 is 0 Å². The van der Waals surface area contributed by atoms with Crippen molar-refractivity contribution in [2.75, 3.05) is 0 Å². The van der Waals surface area contributed by atoms with Crippen LogP contribution < -0.4 is 0 Å². The summed E-state index contributed by atoms with van der Waals surface area (Å²) < 4.78 is 2.14. The Bertz CT molecular complexity index is 365. The number of imidazole rings is 1. The lowest BCUT2D eigenvalue weighted by Gasteiger charge is -2.29. The summed E-state index contributed by atoms with van der Waals surface area (Å²) in [6.45, 7) is 5.49. The molecule has 0 amide bonds. The van der Waals surface area contributed by atoms with Crippen molar-refractivity contribution in [3.63, 3.8) is 0 Å². The lowest BCUT2D eigenvalue weighted by atomic mass is 9.80. The topological polar surface area (TPSA) is 49.3 Å². The van der Waals surface area contributed by atoms with Gasteiger partial charge in [-0.3, -0.25) is 0 Å². The Labute approximate surface area is 90.5 Å². The minimum Gasteiger partial charge on any atom is -0.412 e. The van der Waals surface area contributed by atoms with Crippen LogP contribution in [0.4, 0.5) is 0 Å². The van der Waals surface area contributed by atoms with Gasteiger partial charge in [-0.05, 0) is 13.3 Å². The van der Waals surface area contributed by atoms with Gasteiger partial charge in [-0.15, -0.1) is 0 Å². The second-order valence-electron chi connectivity index (χ2n) is 4.44. The molecule has 0 saturated carbocycles. The summed E-state index contributed by atoms with van der Waals surface area (Å²) in [7, 11) is 0. The first-order valence-electron chi connectivity index (χ1n) is 4.99. The predicted molar refractivity (Wildman–Crippen MR) is 61.5 cm³/mol. The van der Waals surface area contributed by atoms with Crippen molar-refractivity contribution in [2.45, 2.75) is 26.8 Å². The highest BCUT2D eigenvalue weighted by Gasteiger charge is 2.23. The quantitative estimate of drug-likeness (QED) is 0.729. The Morgan fingerprint density at radius 2 is 2.33 bits per heavy atom. The first-order valence-corrected chi connectivity index (χ1v) is 4.99. The van der Waals surface area contributed by atoms with Crippen molar-refractivity contribution in [1.29, 1.82) is 0 Å². The number of hydrogen-bond donors (Lipinski definition) is 0. The Hall–Kier alpha value is -1.35. The largest absolute Gasteiger partial charge is 0.412 e. The summed E-state index contributed by atoms with van der Waals surface area (Å²) in [6, 6.07) is 0. The van der Waals surface area contributed by atoms with Crippen LogP contribution in [0.3, 0.4) is 0 Å². The first-order chi connectivity index (χ1) is 6.68. The van der Waals surface area contributed by atoms with Crippen LogP contribution in [0.1, 0.15) is 20.3 Å². The minimum atomic E-state index is 0. The van der Waals surface area contributed by atoms with E-state index in [0.717, 1.165) is 13.0 Å². The van der Waals surface area contributed by atoms with Gasteiger partial charge in [-0.1, -0.05) is 30.7 Å². The molecule has 0 aliphatic heterocycles. The van der Waals surface area contributed by atoms with Gasteiger partial charge in [-0.2, -0.15) is 0 Å². The highest BCUT2D eigenvalue weighted by atomic mass is 16.0. The number of aromatic nitrogens is 2. The van der Waals surface area contributed by atoms with Gasteiger partial charge in [0.05, 0.1) is 6.33 Å². The van der Waals surface area contributed by atoms with Crippen LogP contribution >= 0.6 is 0 Å². The third kappa shape index (κ3) is 2.80. The minimum absolute atomic E-state index is 0. The maximum Gasteiger partial charge on any atom is 0.0946 e. The first kappa shape index (κ1) is 11.7. The third-order valence-electron chi connectivity index (χ3n) is 2.66. The van der Waals surface area contributed by atoms with Crippen LogP contribution in [0.2, 0.25) is 0 Å². The van der Waals surface area contributed by atoms with Crippen LogP contribution in [-0.2, 0) is 6.54 Å². The molecule has 0 spiro atoms. The average molecular weight is 206 g/mol. The summed E-state index contributed by atoms with van der Waals surface area (Å²) in [4.78, 5) is 4.06. The molecule has 0 fully saturated rings. The van der Waals surface area contributed by atoms with Crippen molar-refractivity contribution < 1.29 is 5.48 Å². The molecule has 3 nitrogen and oxygen atoms in total. The van der Waals surface area contributed by atoms with E-state index in [1.807, 2.05) is 18.7 Å². The summed E-state index contributed by atoms with van der Waals surface area (Å²) >= 11 is 0. The van der Waals surface area contributed by atoms with Gasteiger partial charge < -0.3 is 10.0 Å². The molecule has 1 aliphatic carbocycles. The van der Waals surface area contributed by atoms with Gasteiger partial charge in [0.25, 0.3) is 0 Å². The lowest BCUT2D eigenvalue weighted by Crippen LogP contribution is -2.22. The maximum atomic E-state index is 4.06. The van der Waals surface area contributed by atoms with Crippen molar-refractivity contribution in [2.24, 2.45) is 5.41 Å². The van der Waals surface area contributed by atoms with Gasteiger partial charge in [0, 0.05) is 24.4 Å². The fourth-order valence-corrected chi connectivity index (χ4v) is 2.11. The number of hydrogen-bond acceptors (Lipinski definition) is 1. The Kier molecular flexibility index (Phi) is 3.48. The Morgan fingerprint density at radius 1 is 1.53 bits per heavy atom. The zero-order chi connectivity index (χ0) is 10.0. The van der Waals surface area contributed by atoms with E-state index in [1.54, 1.807) is 0 Å². The normalized spacial score (nSPS) is 24.5. The van der Waals surface area contributed by atoms with Crippen molar-refractivity contribution in [1.82, 2.24) is 9.55 Å². The molecule has 82 valence electrons. The third-order valence-corrected chi connectivity index (χ3v) is 2.66. The van der Waals surface area contributed by atoms with Crippen molar-refractivity contribution in [3.05, 3.63) is 42.5 Å². The molecule has 1 aliphatic rings. The summed E-state index contributed by atoms with van der Waals surface area (Å²) in [5, 5.41) is 0. The van der Waals surface area contributed by atoms with Crippen LogP contribution in [0, 0.1) is 5.41 Å². The summed E-state index contributed by atoms with van der Waals surface area (Å²) in [6.07, 6.45) is 13.5. The van der Waals surface area contributed by atoms with Crippen LogP contribution in [-0.4, -0.2) is 15.0 Å². The zero-order valence-electron chi connectivity index (χ0n) is 9.27. The molecule has 1 heterocycles. The SMILES string of the molecule is CC1=CC=CC(C)(Cn2ccnc2)C1.O. The van der Waals surface area contributed by atoms with Gasteiger partial charge in [0.15, 0.2) is 0 Å². The standard InChI is InChI=1S/C12H16N2.H2O/c1-11-4-3-5-12(2,8-11)9-14-7-6-13-10-14;/h3-7,10H,8-9H2,1-2H3;1H2. The number of rotatable bonds is 2. The number of nitrogens with zero attached hydrogens (tertiary/aromatic N) is 2. The fraction of sp³-hybridized carbons (Fsp3) is 0.417. The van der Waals surface area contributed by atoms with Crippen LogP contribution in [0.5, 0.6) is 0 Å². The molecule has 1 unspecified atom stereocenters. The molecular formula is C12H18N2O. The second-order valence-corrected chi connectivity index (χ2v) is 4.44. The molecule has 3 heteroatoms. The second kappa shape index (κ2) is 4.45. The van der Waals surface area contributed by atoms with Gasteiger partial charge in [0.1, 0.15) is 0 Å². The smallest absolute Gasteiger partial charge is 0.0946 e. The molecule has 0 radical (unpaired) electrons. The zero-order valence-corrected chi connectivity index (χ0v) is 9.27. The van der Waals surface area contributed by atoms with E-state index < -0.39 is 0 Å². The van der Waals surface area contributed by atoms with E-state index in [4.69, 9.17) is 0 Å². The average Bonchev–Trinajstić information content (AvgIpc) is 2.55. The molecule has 0 bridgehead atoms. The van der Waals surface area contributed by atoms with E-state index in [-0.39, 0.29) is 10.9 Å². The molecule has 1 aromatic heterocycles. The Balaban J connectivity index is 0.00000112. The monoisotopic (exact) mass is 206 g/mol. The van der Waals surface area contributed by atoms with Crippen molar-refractivity contribution >= 4 is 0 Å². The van der Waals surface area contributed by atoms with E-state index in [0.29, 0.717) is 0 Å². The van der Waals surface area contributed by atoms with Crippen LogP contribution in [0.25, 0.3) is 0 Å². The summed E-state index contributed by atoms with van der Waals surface area (Å²) in [5.74, 6) is 0. The fourth-order valence-electron chi connectivity index (χ4n) is 2.11. The molecule has 0 saturated heterocycles. The molecule has 2 N–H and O–H groups in total. The maximum absolute atomic E-state index is 4.06. The van der Waals surface area contributed by atoms with E-state index in [9.17, 15) is 0 Å². The number of allylic oxidation sites excluding steroid dienone is 4. The van der Waals surface area contributed by atoms with Crippen molar-refractivity contribution in [3.8, 4) is 0 Å². The predicted octanol–water partition coefficient (Wildman–Crippen LogP) is 1.97. The lowest BCUT2D eigenvalue weighted by molar-refractivity contribution is 0.350. The molecule has 15 heavy (non-hydrogen) atoms. The molecule has 0 aromatic carbocycles. The van der Waals surface area contributed by atoms with Gasteiger partial charge in [0.2, 0.25) is 0 Å². The summed E-state index contributed by atoms with van der Waals surface area (Å²) in [5.41, 5.74) is 1.70. The highest BCUT2D eigenvalue weighted by molar-refractivity contribution is 5.21.